The van der Waals surface area contributed by atoms with Crippen LogP contribution in [0.3, 0.4) is 0 Å². The maximum Gasteiger partial charge on any atom is 0.121 e. The molecule has 0 amide bonds. The highest BCUT2D eigenvalue weighted by molar-refractivity contribution is 5.70. The molecule has 2 aromatic rings. The molecule has 104 valence electrons. The number of rotatable bonds is 3. The van der Waals surface area contributed by atoms with Crippen LogP contribution < -0.4 is 15.4 Å². The largest absolute Gasteiger partial charge is 0.497 e. The third-order valence-electron chi connectivity index (χ3n) is 3.89. The summed E-state index contributed by atoms with van der Waals surface area (Å²) in [7, 11) is 1.68. The van der Waals surface area contributed by atoms with Crippen molar-refractivity contribution in [2.45, 2.75) is 18.9 Å². The molecule has 1 aliphatic heterocycles. The van der Waals surface area contributed by atoms with Crippen LogP contribution in [-0.2, 0) is 0 Å². The lowest BCUT2D eigenvalue weighted by Crippen LogP contribution is -2.23. The van der Waals surface area contributed by atoms with Crippen molar-refractivity contribution in [3.05, 3.63) is 48.3 Å². The highest BCUT2D eigenvalue weighted by atomic mass is 16.5. The number of aromatic nitrogens is 1. The standard InChI is InChI=1S/C16H19N3O/c1-20-13-4-5-14(17)16(11-13)19-10-2-3-15(19)12-6-8-18-9-7-12/h4-9,11,15H,2-3,10,17H2,1H3. The van der Waals surface area contributed by atoms with Gasteiger partial charge in [0.05, 0.1) is 24.5 Å². The number of hydrogen-bond acceptors (Lipinski definition) is 4. The van der Waals surface area contributed by atoms with Gasteiger partial charge in [0.2, 0.25) is 0 Å². The van der Waals surface area contributed by atoms with Crippen LogP contribution in [0.2, 0.25) is 0 Å². The van der Waals surface area contributed by atoms with Gasteiger partial charge in [0.25, 0.3) is 0 Å². The van der Waals surface area contributed by atoms with E-state index in [9.17, 15) is 0 Å². The number of hydrogen-bond donors (Lipinski definition) is 1. The van der Waals surface area contributed by atoms with E-state index in [1.807, 2.05) is 30.6 Å². The van der Waals surface area contributed by atoms with Crippen LogP contribution in [0.15, 0.2) is 42.7 Å². The summed E-state index contributed by atoms with van der Waals surface area (Å²) >= 11 is 0. The molecule has 2 heterocycles. The normalized spacial score (nSPS) is 18.2. The van der Waals surface area contributed by atoms with Crippen molar-refractivity contribution in [1.82, 2.24) is 4.98 Å². The minimum atomic E-state index is 0.368. The zero-order valence-corrected chi connectivity index (χ0v) is 11.6. The average Bonchev–Trinajstić information content (AvgIpc) is 2.98. The smallest absolute Gasteiger partial charge is 0.121 e. The van der Waals surface area contributed by atoms with Gasteiger partial charge in [-0.1, -0.05) is 0 Å². The zero-order chi connectivity index (χ0) is 13.9. The molecule has 20 heavy (non-hydrogen) atoms. The first-order valence-electron chi connectivity index (χ1n) is 6.89. The van der Waals surface area contributed by atoms with Gasteiger partial charge in [0, 0.05) is 25.0 Å². The van der Waals surface area contributed by atoms with Gasteiger partial charge in [-0.2, -0.15) is 0 Å². The van der Waals surface area contributed by atoms with E-state index in [1.165, 1.54) is 12.0 Å². The number of nitrogens with zero attached hydrogens (tertiary/aromatic N) is 2. The molecule has 0 bridgehead atoms. The van der Waals surface area contributed by atoms with Gasteiger partial charge in [-0.3, -0.25) is 4.98 Å². The highest BCUT2D eigenvalue weighted by Crippen LogP contribution is 2.39. The van der Waals surface area contributed by atoms with Gasteiger partial charge in [0.15, 0.2) is 0 Å². The second-order valence-electron chi connectivity index (χ2n) is 5.06. The lowest BCUT2D eigenvalue weighted by Gasteiger charge is -2.28. The number of nitrogen functional groups attached to an aromatic ring is 1. The maximum atomic E-state index is 6.15. The summed E-state index contributed by atoms with van der Waals surface area (Å²) in [6.07, 6.45) is 6.01. The average molecular weight is 269 g/mol. The molecule has 0 radical (unpaired) electrons. The Morgan fingerprint density at radius 3 is 2.80 bits per heavy atom. The van der Waals surface area contributed by atoms with Crippen molar-refractivity contribution in [2.24, 2.45) is 0 Å². The summed E-state index contributed by atoms with van der Waals surface area (Å²) in [5, 5.41) is 0. The Kier molecular flexibility index (Phi) is 3.46. The van der Waals surface area contributed by atoms with E-state index in [2.05, 4.69) is 22.0 Å². The third-order valence-corrected chi connectivity index (χ3v) is 3.89. The van der Waals surface area contributed by atoms with Crippen molar-refractivity contribution in [3.8, 4) is 5.75 Å². The molecule has 1 aromatic carbocycles. The van der Waals surface area contributed by atoms with Gasteiger partial charge >= 0.3 is 0 Å². The number of anilines is 2. The fraction of sp³-hybridized carbons (Fsp3) is 0.312. The van der Waals surface area contributed by atoms with Gasteiger partial charge in [0.1, 0.15) is 5.75 Å². The van der Waals surface area contributed by atoms with Crippen molar-refractivity contribution in [2.75, 3.05) is 24.3 Å². The lowest BCUT2D eigenvalue weighted by molar-refractivity contribution is 0.415. The molecule has 1 unspecified atom stereocenters. The summed E-state index contributed by atoms with van der Waals surface area (Å²) in [5.74, 6) is 0.842. The van der Waals surface area contributed by atoms with Crippen LogP contribution in [0.4, 0.5) is 11.4 Å². The van der Waals surface area contributed by atoms with E-state index in [4.69, 9.17) is 10.5 Å². The van der Waals surface area contributed by atoms with Crippen molar-refractivity contribution < 1.29 is 4.74 Å². The Morgan fingerprint density at radius 1 is 1.25 bits per heavy atom. The molecule has 3 rings (SSSR count). The monoisotopic (exact) mass is 269 g/mol. The van der Waals surface area contributed by atoms with Crippen LogP contribution in [0.1, 0.15) is 24.4 Å². The first kappa shape index (κ1) is 12.8. The van der Waals surface area contributed by atoms with E-state index < -0.39 is 0 Å². The number of methoxy groups -OCH3 is 1. The van der Waals surface area contributed by atoms with Crippen LogP contribution in [0.5, 0.6) is 5.75 Å². The predicted octanol–water partition coefficient (Wildman–Crippen LogP) is 3.01. The molecular formula is C16H19N3O. The first-order valence-corrected chi connectivity index (χ1v) is 6.89. The number of pyridine rings is 1. The van der Waals surface area contributed by atoms with Gasteiger partial charge < -0.3 is 15.4 Å². The summed E-state index contributed by atoms with van der Waals surface area (Å²) in [4.78, 5) is 6.46. The molecule has 4 nitrogen and oxygen atoms in total. The Balaban J connectivity index is 1.96. The van der Waals surface area contributed by atoms with E-state index in [0.29, 0.717) is 6.04 Å². The van der Waals surface area contributed by atoms with Crippen LogP contribution >= 0.6 is 0 Å². The molecule has 2 N–H and O–H groups in total. The molecule has 1 fully saturated rings. The number of benzene rings is 1. The second-order valence-corrected chi connectivity index (χ2v) is 5.06. The Bertz CT molecular complexity index is 586. The van der Waals surface area contributed by atoms with Crippen LogP contribution in [0, 0.1) is 0 Å². The fourth-order valence-corrected chi connectivity index (χ4v) is 2.89. The van der Waals surface area contributed by atoms with Crippen molar-refractivity contribution >= 4 is 11.4 Å². The van der Waals surface area contributed by atoms with Crippen LogP contribution in [-0.4, -0.2) is 18.6 Å². The minimum absolute atomic E-state index is 0.368. The van der Waals surface area contributed by atoms with Crippen molar-refractivity contribution in [3.63, 3.8) is 0 Å². The molecular weight excluding hydrogens is 250 g/mol. The molecule has 1 aliphatic rings. The molecule has 1 atom stereocenters. The Hall–Kier alpha value is -2.23. The fourth-order valence-electron chi connectivity index (χ4n) is 2.89. The Labute approximate surface area is 119 Å². The zero-order valence-electron chi connectivity index (χ0n) is 11.6. The topological polar surface area (TPSA) is 51.4 Å². The van der Waals surface area contributed by atoms with Crippen molar-refractivity contribution in [1.29, 1.82) is 0 Å². The molecule has 0 aliphatic carbocycles. The summed E-state index contributed by atoms with van der Waals surface area (Å²) in [5.41, 5.74) is 9.30. The van der Waals surface area contributed by atoms with Gasteiger partial charge in [-0.15, -0.1) is 0 Å². The lowest BCUT2D eigenvalue weighted by atomic mass is 10.1. The summed E-state index contributed by atoms with van der Waals surface area (Å²) in [6.45, 7) is 1.02. The summed E-state index contributed by atoms with van der Waals surface area (Å²) in [6, 6.07) is 10.4. The second kappa shape index (κ2) is 5.41. The quantitative estimate of drug-likeness (QED) is 0.870. The minimum Gasteiger partial charge on any atom is -0.497 e. The SMILES string of the molecule is COc1ccc(N)c(N2CCCC2c2ccncc2)c1. The first-order chi connectivity index (χ1) is 9.79. The molecule has 1 saturated heterocycles. The van der Waals surface area contributed by atoms with E-state index in [0.717, 1.165) is 30.1 Å². The maximum absolute atomic E-state index is 6.15. The molecule has 0 spiro atoms. The third kappa shape index (κ3) is 2.29. The van der Waals surface area contributed by atoms with E-state index in [1.54, 1.807) is 7.11 Å². The molecule has 4 heteroatoms. The van der Waals surface area contributed by atoms with Gasteiger partial charge in [-0.25, -0.2) is 0 Å². The van der Waals surface area contributed by atoms with E-state index >= 15 is 0 Å². The van der Waals surface area contributed by atoms with Crippen LogP contribution in [0.25, 0.3) is 0 Å². The summed E-state index contributed by atoms with van der Waals surface area (Å²) < 4.78 is 5.32. The van der Waals surface area contributed by atoms with E-state index in [-0.39, 0.29) is 0 Å². The number of nitrogens with two attached hydrogens (primary N) is 1. The number of ether oxygens (including phenoxy) is 1. The highest BCUT2D eigenvalue weighted by Gasteiger charge is 2.27. The predicted molar refractivity (Wildman–Crippen MR) is 81.0 cm³/mol. The van der Waals surface area contributed by atoms with Gasteiger partial charge in [-0.05, 0) is 42.7 Å². The Morgan fingerprint density at radius 2 is 2.05 bits per heavy atom. The molecule has 0 saturated carbocycles. The molecule has 1 aromatic heterocycles.